The average Bonchev–Trinajstić information content (AvgIpc) is 3.00. The van der Waals surface area contributed by atoms with Gasteiger partial charge in [-0.2, -0.15) is 0 Å². The van der Waals surface area contributed by atoms with Gasteiger partial charge in [0, 0.05) is 11.1 Å². The largest absolute Gasteiger partial charge is 0.351 e. The maximum Gasteiger partial charge on any atom is 0.233 e. The van der Waals surface area contributed by atoms with Gasteiger partial charge in [0.15, 0.2) is 14.2 Å². The maximum atomic E-state index is 12.2. The topological polar surface area (TPSA) is 76.1 Å². The standard InChI is InChI=1S/C14H15ClN2O3S3/c1-8(13(18)16-10-4-5-23(19,20)7-10)21-14-17-11-6-9(15)2-3-12(11)22-14/h2-3,6,8,10H,4-5,7H2,1H3,(H,16,18)/t8-,10+/m1/s1. The lowest BCUT2D eigenvalue weighted by molar-refractivity contribution is -0.120. The third-order valence-electron chi connectivity index (χ3n) is 3.56. The number of hydrogen-bond donors (Lipinski definition) is 1. The number of nitrogens with zero attached hydrogens (tertiary/aromatic N) is 1. The lowest BCUT2D eigenvalue weighted by Gasteiger charge is -2.14. The number of sulfone groups is 1. The van der Waals surface area contributed by atoms with E-state index >= 15 is 0 Å². The third kappa shape index (κ3) is 4.17. The van der Waals surface area contributed by atoms with E-state index in [9.17, 15) is 13.2 Å². The second kappa shape index (κ2) is 6.58. The summed E-state index contributed by atoms with van der Waals surface area (Å²) < 4.78 is 24.7. The summed E-state index contributed by atoms with van der Waals surface area (Å²) in [7, 11) is -2.99. The van der Waals surface area contributed by atoms with Crippen molar-refractivity contribution in [2.75, 3.05) is 11.5 Å². The van der Waals surface area contributed by atoms with Crippen molar-refractivity contribution in [2.45, 2.75) is 29.0 Å². The summed E-state index contributed by atoms with van der Waals surface area (Å²) in [6.07, 6.45) is 0.491. The van der Waals surface area contributed by atoms with E-state index in [1.165, 1.54) is 23.1 Å². The van der Waals surface area contributed by atoms with E-state index in [0.717, 1.165) is 14.6 Å². The van der Waals surface area contributed by atoms with Crippen LogP contribution in [0.5, 0.6) is 0 Å². The summed E-state index contributed by atoms with van der Waals surface area (Å²) in [6.45, 7) is 1.79. The number of amides is 1. The van der Waals surface area contributed by atoms with E-state index in [1.54, 1.807) is 13.0 Å². The molecule has 0 radical (unpaired) electrons. The van der Waals surface area contributed by atoms with Crippen molar-refractivity contribution < 1.29 is 13.2 Å². The first-order chi connectivity index (χ1) is 10.8. The van der Waals surface area contributed by atoms with Crippen LogP contribution in [-0.2, 0) is 14.6 Å². The van der Waals surface area contributed by atoms with Gasteiger partial charge in [0.2, 0.25) is 5.91 Å². The zero-order valence-electron chi connectivity index (χ0n) is 12.3. The fourth-order valence-corrected chi connectivity index (χ4v) is 6.40. The number of thioether (sulfide) groups is 1. The van der Waals surface area contributed by atoms with E-state index in [0.29, 0.717) is 11.4 Å². The van der Waals surface area contributed by atoms with Gasteiger partial charge in [-0.05, 0) is 31.5 Å². The fraction of sp³-hybridized carbons (Fsp3) is 0.429. The zero-order valence-corrected chi connectivity index (χ0v) is 15.5. The summed E-state index contributed by atoms with van der Waals surface area (Å²) in [5.41, 5.74) is 0.819. The molecule has 1 amide bonds. The molecule has 0 aliphatic carbocycles. The minimum Gasteiger partial charge on any atom is -0.351 e. The Kier molecular flexibility index (Phi) is 4.87. The Bertz CT molecular complexity index is 850. The SMILES string of the molecule is C[C@@H](Sc1nc2cc(Cl)ccc2s1)C(=O)N[C@H]1CCS(=O)(=O)C1. The summed E-state index contributed by atoms with van der Waals surface area (Å²) in [5.74, 6) is 0.0304. The zero-order chi connectivity index (χ0) is 16.6. The van der Waals surface area contributed by atoms with Crippen LogP contribution in [0.1, 0.15) is 13.3 Å². The van der Waals surface area contributed by atoms with E-state index < -0.39 is 9.84 Å². The fourth-order valence-electron chi connectivity index (χ4n) is 2.36. The maximum absolute atomic E-state index is 12.2. The van der Waals surface area contributed by atoms with Crippen molar-refractivity contribution in [3.63, 3.8) is 0 Å². The Morgan fingerprint density at radius 1 is 1.52 bits per heavy atom. The highest BCUT2D eigenvalue weighted by Gasteiger charge is 2.30. The molecule has 1 aliphatic heterocycles. The first-order valence-electron chi connectivity index (χ1n) is 7.06. The summed E-state index contributed by atoms with van der Waals surface area (Å²) in [4.78, 5) is 16.7. The number of carbonyl (C=O) groups is 1. The highest BCUT2D eigenvalue weighted by Crippen LogP contribution is 2.33. The van der Waals surface area contributed by atoms with E-state index in [4.69, 9.17) is 11.6 Å². The minimum atomic E-state index is -2.99. The number of fused-ring (bicyclic) bond motifs is 1. The number of halogens is 1. The van der Waals surface area contributed by atoms with Crippen LogP contribution in [0.3, 0.4) is 0 Å². The summed E-state index contributed by atoms with van der Waals surface area (Å²) in [6, 6.07) is 5.25. The van der Waals surface area contributed by atoms with Gasteiger partial charge >= 0.3 is 0 Å². The van der Waals surface area contributed by atoms with Crippen LogP contribution in [0, 0.1) is 0 Å². The third-order valence-corrected chi connectivity index (χ3v) is 7.79. The Morgan fingerprint density at radius 3 is 3.00 bits per heavy atom. The lowest BCUT2D eigenvalue weighted by atomic mass is 10.2. The number of carbonyl (C=O) groups excluding carboxylic acids is 1. The van der Waals surface area contributed by atoms with Gasteiger partial charge in [0.05, 0.1) is 27.0 Å². The van der Waals surface area contributed by atoms with Crippen LogP contribution in [0.25, 0.3) is 10.2 Å². The molecule has 1 fully saturated rings. The molecule has 1 aromatic carbocycles. The van der Waals surface area contributed by atoms with Crippen molar-refractivity contribution >= 4 is 60.7 Å². The van der Waals surface area contributed by atoms with Gasteiger partial charge in [-0.3, -0.25) is 4.79 Å². The van der Waals surface area contributed by atoms with Crippen LogP contribution >= 0.6 is 34.7 Å². The van der Waals surface area contributed by atoms with Crippen LogP contribution in [0.4, 0.5) is 0 Å². The van der Waals surface area contributed by atoms with Crippen LogP contribution in [0.15, 0.2) is 22.5 Å². The number of nitrogens with one attached hydrogen (secondary N) is 1. The molecule has 0 bridgehead atoms. The second-order valence-corrected chi connectivity index (χ2v) is 10.7. The highest BCUT2D eigenvalue weighted by atomic mass is 35.5. The van der Waals surface area contributed by atoms with Crippen LogP contribution in [0.2, 0.25) is 5.02 Å². The molecular formula is C14H15ClN2O3S3. The minimum absolute atomic E-state index is 0.0375. The van der Waals surface area contributed by atoms with Gasteiger partial charge in [0.25, 0.3) is 0 Å². The number of hydrogen-bond acceptors (Lipinski definition) is 6. The smallest absolute Gasteiger partial charge is 0.233 e. The molecule has 0 saturated carbocycles. The van der Waals surface area contributed by atoms with Crippen molar-refractivity contribution in [3.05, 3.63) is 23.2 Å². The van der Waals surface area contributed by atoms with Crippen molar-refractivity contribution in [1.82, 2.24) is 10.3 Å². The van der Waals surface area contributed by atoms with Crippen LogP contribution in [-0.4, -0.2) is 42.1 Å². The molecule has 9 heteroatoms. The molecule has 1 aromatic heterocycles. The molecule has 1 aliphatic rings. The Morgan fingerprint density at radius 2 is 2.30 bits per heavy atom. The normalized spacial score (nSPS) is 21.4. The summed E-state index contributed by atoms with van der Waals surface area (Å²) >= 11 is 8.83. The molecule has 3 rings (SSSR count). The van der Waals surface area contributed by atoms with Gasteiger partial charge in [0.1, 0.15) is 0 Å². The number of thiazole rings is 1. The van der Waals surface area contributed by atoms with E-state index in [2.05, 4.69) is 10.3 Å². The molecule has 0 spiro atoms. The van der Waals surface area contributed by atoms with E-state index in [-0.39, 0.29) is 28.7 Å². The van der Waals surface area contributed by atoms with Gasteiger partial charge < -0.3 is 5.32 Å². The van der Waals surface area contributed by atoms with Gasteiger partial charge in [-0.15, -0.1) is 11.3 Å². The molecule has 1 N–H and O–H groups in total. The lowest BCUT2D eigenvalue weighted by Crippen LogP contribution is -2.39. The van der Waals surface area contributed by atoms with Gasteiger partial charge in [-0.25, -0.2) is 13.4 Å². The molecular weight excluding hydrogens is 376 g/mol. The quantitative estimate of drug-likeness (QED) is 0.812. The summed E-state index contributed by atoms with van der Waals surface area (Å²) in [5, 5.41) is 3.11. The van der Waals surface area contributed by atoms with Crippen molar-refractivity contribution in [1.29, 1.82) is 0 Å². The Balaban J connectivity index is 1.63. The molecule has 0 unspecified atom stereocenters. The van der Waals surface area contributed by atoms with Crippen molar-refractivity contribution in [3.8, 4) is 0 Å². The number of rotatable bonds is 4. The predicted octanol–water partition coefficient (Wildman–Crippen LogP) is 2.73. The first kappa shape index (κ1) is 17.0. The molecule has 2 atom stereocenters. The molecule has 2 aromatic rings. The molecule has 5 nitrogen and oxygen atoms in total. The van der Waals surface area contributed by atoms with Gasteiger partial charge in [-0.1, -0.05) is 23.4 Å². The van der Waals surface area contributed by atoms with Crippen molar-refractivity contribution in [2.24, 2.45) is 0 Å². The number of benzene rings is 1. The first-order valence-corrected chi connectivity index (χ1v) is 11.0. The van der Waals surface area contributed by atoms with Crippen LogP contribution < -0.4 is 5.32 Å². The van der Waals surface area contributed by atoms with E-state index in [1.807, 2.05) is 12.1 Å². The monoisotopic (exact) mass is 390 g/mol. The predicted molar refractivity (Wildman–Crippen MR) is 95.2 cm³/mol. The molecule has 1 saturated heterocycles. The second-order valence-electron chi connectivity index (χ2n) is 5.46. The molecule has 124 valence electrons. The average molecular weight is 391 g/mol. The number of aromatic nitrogens is 1. The Hall–Kier alpha value is -0.830. The molecule has 23 heavy (non-hydrogen) atoms. The highest BCUT2D eigenvalue weighted by molar-refractivity contribution is 8.02. The Labute approximate surface area is 147 Å². The molecule has 2 heterocycles.